The molecule has 3 atom stereocenters. The predicted molar refractivity (Wildman–Crippen MR) is 109 cm³/mol. The zero-order valence-corrected chi connectivity index (χ0v) is 18.6. The second-order valence-electron chi connectivity index (χ2n) is 9.63. The molecule has 0 bridgehead atoms. The summed E-state index contributed by atoms with van der Waals surface area (Å²) in [5, 5.41) is 0. The second-order valence-corrected chi connectivity index (χ2v) is 15.0. The third-order valence-corrected chi connectivity index (χ3v) is 13.2. The van der Waals surface area contributed by atoms with Crippen molar-refractivity contribution in [2.24, 2.45) is 11.3 Å². The van der Waals surface area contributed by atoms with Gasteiger partial charge in [0.05, 0.1) is 0 Å². The van der Waals surface area contributed by atoms with Crippen molar-refractivity contribution in [2.75, 3.05) is 0 Å². The Kier molecular flexibility index (Phi) is 5.90. The highest BCUT2D eigenvalue weighted by Crippen LogP contribution is 2.54. The van der Waals surface area contributed by atoms with Crippen LogP contribution in [0.1, 0.15) is 74.7 Å². The summed E-state index contributed by atoms with van der Waals surface area (Å²) < 4.78 is 7.03. The van der Waals surface area contributed by atoms with Crippen LogP contribution in [0, 0.1) is 11.3 Å². The average molecular weight is 363 g/mol. The minimum absolute atomic E-state index is 0.232. The third kappa shape index (κ3) is 3.47. The van der Waals surface area contributed by atoms with Crippen LogP contribution in [0.5, 0.6) is 0 Å². The summed E-state index contributed by atoms with van der Waals surface area (Å²) in [5.41, 5.74) is 3.70. The molecule has 142 valence electrons. The molecule has 2 rings (SSSR count). The molecular formula is C22H38O2Si. The zero-order chi connectivity index (χ0) is 19.2. The van der Waals surface area contributed by atoms with Crippen LogP contribution in [0.4, 0.5) is 0 Å². The van der Waals surface area contributed by atoms with Gasteiger partial charge in [0, 0.05) is 11.5 Å². The highest BCUT2D eigenvalue weighted by Gasteiger charge is 2.54. The molecule has 0 aromatic carbocycles. The van der Waals surface area contributed by atoms with Gasteiger partial charge in [0.25, 0.3) is 0 Å². The molecule has 0 heterocycles. The molecule has 0 aromatic rings. The SMILES string of the molecule is C=C(C)C1=CC(=O)[C@@]2(C)C[C@H](O[Si](C(C)C)(C(C)C)C(C)C)C[C@H]2C1. The number of fused-ring (bicyclic) bond motifs is 1. The summed E-state index contributed by atoms with van der Waals surface area (Å²) in [4.78, 5) is 12.9. The van der Waals surface area contributed by atoms with Crippen LogP contribution in [0.25, 0.3) is 0 Å². The Morgan fingerprint density at radius 2 is 1.72 bits per heavy atom. The first-order valence-electron chi connectivity index (χ1n) is 10.0. The molecule has 0 unspecified atom stereocenters. The van der Waals surface area contributed by atoms with Crippen molar-refractivity contribution in [1.82, 2.24) is 0 Å². The lowest BCUT2D eigenvalue weighted by molar-refractivity contribution is -0.125. The van der Waals surface area contributed by atoms with Crippen molar-refractivity contribution in [1.29, 1.82) is 0 Å². The maximum atomic E-state index is 12.9. The lowest BCUT2D eigenvalue weighted by Crippen LogP contribution is -2.50. The van der Waals surface area contributed by atoms with E-state index in [2.05, 4.69) is 55.0 Å². The minimum atomic E-state index is -1.90. The molecule has 0 spiro atoms. The Hall–Kier alpha value is -0.673. The summed E-state index contributed by atoms with van der Waals surface area (Å²) in [7, 11) is -1.90. The van der Waals surface area contributed by atoms with Crippen LogP contribution in [0.15, 0.2) is 23.8 Å². The van der Waals surface area contributed by atoms with E-state index >= 15 is 0 Å². The van der Waals surface area contributed by atoms with E-state index in [1.165, 1.54) is 0 Å². The Balaban J connectivity index is 2.26. The first kappa shape index (κ1) is 20.6. The molecule has 0 aliphatic heterocycles. The van der Waals surface area contributed by atoms with Crippen LogP contribution in [-0.4, -0.2) is 20.2 Å². The standard InChI is InChI=1S/C22H38O2Si/c1-14(2)18-10-19-12-20(13-22(19,9)21(23)11-18)24-25(15(3)4,16(5)6)17(7)8/h11,15-17,19-20H,1,10,12-13H2,2-9H3/t19-,20-,22+/m1/s1. The summed E-state index contributed by atoms with van der Waals surface area (Å²) in [5.74, 6) is 0.693. The van der Waals surface area contributed by atoms with Crippen LogP contribution >= 0.6 is 0 Å². The smallest absolute Gasteiger partial charge is 0.200 e. The number of carbonyl (C=O) groups is 1. The highest BCUT2D eigenvalue weighted by molar-refractivity contribution is 6.77. The Morgan fingerprint density at radius 3 is 2.16 bits per heavy atom. The molecule has 0 aromatic heterocycles. The number of carbonyl (C=O) groups excluding carboxylic acids is 1. The number of hydrogen-bond acceptors (Lipinski definition) is 2. The fourth-order valence-electron chi connectivity index (χ4n) is 5.64. The van der Waals surface area contributed by atoms with E-state index in [4.69, 9.17) is 4.43 Å². The van der Waals surface area contributed by atoms with Gasteiger partial charge in [0.1, 0.15) is 0 Å². The molecule has 0 saturated heterocycles. The van der Waals surface area contributed by atoms with Crippen molar-refractivity contribution in [2.45, 2.75) is 97.4 Å². The van der Waals surface area contributed by atoms with E-state index in [1.807, 2.05) is 13.0 Å². The van der Waals surface area contributed by atoms with E-state index in [-0.39, 0.29) is 11.5 Å². The lowest BCUT2D eigenvalue weighted by Gasteiger charge is -2.44. The minimum Gasteiger partial charge on any atom is -0.413 e. The molecule has 1 fully saturated rings. The predicted octanol–water partition coefficient (Wildman–Crippen LogP) is 6.44. The third-order valence-electron chi connectivity index (χ3n) is 7.06. The number of allylic oxidation sites excluding steroid dienone is 3. The van der Waals surface area contributed by atoms with Gasteiger partial charge in [-0.2, -0.15) is 0 Å². The molecule has 2 nitrogen and oxygen atoms in total. The Bertz CT molecular complexity index is 551. The largest absolute Gasteiger partial charge is 0.413 e. The van der Waals surface area contributed by atoms with Crippen LogP contribution in [0.2, 0.25) is 16.6 Å². The summed E-state index contributed by atoms with van der Waals surface area (Å²) >= 11 is 0. The van der Waals surface area contributed by atoms with Gasteiger partial charge < -0.3 is 4.43 Å². The van der Waals surface area contributed by atoms with Gasteiger partial charge in [0.2, 0.25) is 8.32 Å². The summed E-state index contributed by atoms with van der Waals surface area (Å²) in [6.07, 6.45) is 4.98. The van der Waals surface area contributed by atoms with Crippen LogP contribution < -0.4 is 0 Å². The van der Waals surface area contributed by atoms with Crippen molar-refractivity contribution in [3.05, 3.63) is 23.8 Å². The molecule has 0 amide bonds. The van der Waals surface area contributed by atoms with Crippen molar-refractivity contribution < 1.29 is 9.22 Å². The first-order valence-corrected chi connectivity index (χ1v) is 12.2. The molecule has 0 radical (unpaired) electrons. The van der Waals surface area contributed by atoms with Gasteiger partial charge in [-0.05, 0) is 60.4 Å². The fourth-order valence-corrected chi connectivity index (χ4v) is 11.2. The first-order chi connectivity index (χ1) is 11.4. The lowest BCUT2D eigenvalue weighted by atomic mass is 9.69. The Morgan fingerprint density at radius 1 is 1.20 bits per heavy atom. The number of hydrogen-bond donors (Lipinski definition) is 0. The highest BCUT2D eigenvalue weighted by atomic mass is 28.4. The van der Waals surface area contributed by atoms with Gasteiger partial charge in [-0.1, -0.05) is 60.6 Å². The molecule has 25 heavy (non-hydrogen) atoms. The maximum absolute atomic E-state index is 12.9. The van der Waals surface area contributed by atoms with E-state index in [1.54, 1.807) is 0 Å². The van der Waals surface area contributed by atoms with Crippen molar-refractivity contribution in [3.63, 3.8) is 0 Å². The normalized spacial score (nSPS) is 30.2. The molecule has 1 saturated carbocycles. The monoisotopic (exact) mass is 362 g/mol. The number of rotatable bonds is 6. The molecule has 3 heteroatoms. The van der Waals surface area contributed by atoms with Gasteiger partial charge in [0.15, 0.2) is 5.78 Å². The quantitative estimate of drug-likeness (QED) is 0.508. The number of ketones is 1. The molecule has 0 N–H and O–H groups in total. The van der Waals surface area contributed by atoms with Crippen LogP contribution in [0.3, 0.4) is 0 Å². The fraction of sp³-hybridized carbons (Fsp3) is 0.773. The van der Waals surface area contributed by atoms with Gasteiger partial charge in [-0.25, -0.2) is 0 Å². The van der Waals surface area contributed by atoms with Crippen molar-refractivity contribution in [3.8, 4) is 0 Å². The zero-order valence-electron chi connectivity index (χ0n) is 17.6. The van der Waals surface area contributed by atoms with Gasteiger partial charge >= 0.3 is 0 Å². The van der Waals surface area contributed by atoms with Gasteiger partial charge in [-0.3, -0.25) is 4.79 Å². The molecular weight excluding hydrogens is 324 g/mol. The van der Waals surface area contributed by atoms with Crippen LogP contribution in [-0.2, 0) is 9.22 Å². The second kappa shape index (κ2) is 7.15. The molecule has 2 aliphatic rings. The molecule has 2 aliphatic carbocycles. The average Bonchev–Trinajstić information content (AvgIpc) is 2.80. The summed E-state index contributed by atoms with van der Waals surface area (Å²) in [6, 6.07) is 0. The topological polar surface area (TPSA) is 26.3 Å². The van der Waals surface area contributed by atoms with Crippen molar-refractivity contribution >= 4 is 14.1 Å². The van der Waals surface area contributed by atoms with E-state index < -0.39 is 8.32 Å². The van der Waals surface area contributed by atoms with E-state index in [9.17, 15) is 4.79 Å². The summed E-state index contributed by atoms with van der Waals surface area (Å²) in [6.45, 7) is 22.2. The van der Waals surface area contributed by atoms with Gasteiger partial charge in [-0.15, -0.1) is 0 Å². The van der Waals surface area contributed by atoms with E-state index in [0.717, 1.165) is 30.4 Å². The maximum Gasteiger partial charge on any atom is 0.200 e. The van der Waals surface area contributed by atoms with E-state index in [0.29, 0.717) is 28.3 Å². The Labute approximate surface area is 156 Å².